The van der Waals surface area contributed by atoms with Crippen LogP contribution in [0.15, 0.2) is 65.3 Å². The summed E-state index contributed by atoms with van der Waals surface area (Å²) in [6.07, 6.45) is 1.52. The molecule has 0 fully saturated rings. The highest BCUT2D eigenvalue weighted by Crippen LogP contribution is 2.38. The number of ether oxygens (including phenoxy) is 3. The van der Waals surface area contributed by atoms with E-state index >= 15 is 0 Å². The molecule has 8 nitrogen and oxygen atoms in total. The molecular formula is C26H20Cl2N2O6. The lowest BCUT2D eigenvalue weighted by molar-refractivity contribution is -0.385. The van der Waals surface area contributed by atoms with Crippen molar-refractivity contribution in [3.63, 3.8) is 0 Å². The first-order chi connectivity index (χ1) is 17.2. The Morgan fingerprint density at radius 1 is 1.08 bits per heavy atom. The van der Waals surface area contributed by atoms with E-state index in [0.29, 0.717) is 44.8 Å². The fraction of sp³-hybridized carbons (Fsp3) is 0.154. The largest absolute Gasteiger partial charge is 0.490 e. The van der Waals surface area contributed by atoms with Gasteiger partial charge in [-0.2, -0.15) is 0 Å². The maximum Gasteiger partial charge on any atom is 0.363 e. The molecule has 0 aliphatic carbocycles. The average molecular weight is 527 g/mol. The smallest absolute Gasteiger partial charge is 0.363 e. The summed E-state index contributed by atoms with van der Waals surface area (Å²) in [4.78, 5) is 27.3. The molecule has 0 saturated carbocycles. The first-order valence-electron chi connectivity index (χ1n) is 10.9. The van der Waals surface area contributed by atoms with Crippen LogP contribution in [0.3, 0.4) is 0 Å². The van der Waals surface area contributed by atoms with Crippen LogP contribution in [-0.4, -0.2) is 23.4 Å². The maximum absolute atomic E-state index is 12.5. The van der Waals surface area contributed by atoms with E-state index in [1.807, 2.05) is 19.1 Å². The molecule has 0 saturated heterocycles. The van der Waals surface area contributed by atoms with E-state index in [2.05, 4.69) is 4.99 Å². The number of cyclic esters (lactones) is 1. The number of nitro groups is 1. The van der Waals surface area contributed by atoms with Crippen molar-refractivity contribution in [2.75, 3.05) is 6.61 Å². The van der Waals surface area contributed by atoms with Gasteiger partial charge in [-0.05, 0) is 67.4 Å². The first-order valence-corrected chi connectivity index (χ1v) is 11.6. The molecule has 0 atom stereocenters. The normalized spacial score (nSPS) is 13.9. The van der Waals surface area contributed by atoms with Gasteiger partial charge >= 0.3 is 5.97 Å². The number of rotatable bonds is 8. The van der Waals surface area contributed by atoms with E-state index in [0.717, 1.165) is 5.56 Å². The Balaban J connectivity index is 1.60. The van der Waals surface area contributed by atoms with Crippen molar-refractivity contribution in [3.8, 4) is 11.5 Å². The van der Waals surface area contributed by atoms with Crippen molar-refractivity contribution >= 4 is 46.8 Å². The van der Waals surface area contributed by atoms with Gasteiger partial charge in [0.15, 0.2) is 17.2 Å². The lowest BCUT2D eigenvalue weighted by Gasteiger charge is -2.14. The highest BCUT2D eigenvalue weighted by Gasteiger charge is 2.26. The molecule has 3 aromatic carbocycles. The predicted molar refractivity (Wildman–Crippen MR) is 137 cm³/mol. The third kappa shape index (κ3) is 5.67. The molecule has 1 aliphatic rings. The summed E-state index contributed by atoms with van der Waals surface area (Å²) >= 11 is 12.4. The number of carbonyl (C=O) groups is 1. The van der Waals surface area contributed by atoms with Gasteiger partial charge in [-0.1, -0.05) is 35.3 Å². The average Bonchev–Trinajstić information content (AvgIpc) is 3.19. The van der Waals surface area contributed by atoms with Crippen molar-refractivity contribution in [2.24, 2.45) is 4.99 Å². The molecule has 4 rings (SSSR count). The summed E-state index contributed by atoms with van der Waals surface area (Å²) < 4.78 is 16.9. The zero-order chi connectivity index (χ0) is 25.8. The summed E-state index contributed by atoms with van der Waals surface area (Å²) in [5.41, 5.74) is 2.36. The van der Waals surface area contributed by atoms with Crippen LogP contribution < -0.4 is 9.47 Å². The van der Waals surface area contributed by atoms with Crippen LogP contribution in [0.2, 0.25) is 10.0 Å². The van der Waals surface area contributed by atoms with E-state index in [1.54, 1.807) is 37.3 Å². The van der Waals surface area contributed by atoms with Gasteiger partial charge in [0.2, 0.25) is 5.90 Å². The van der Waals surface area contributed by atoms with E-state index in [9.17, 15) is 14.9 Å². The third-order valence-corrected chi connectivity index (χ3v) is 5.73. The number of aliphatic imine (C=N–C) groups is 1. The van der Waals surface area contributed by atoms with Crippen LogP contribution in [0.4, 0.5) is 5.69 Å². The Morgan fingerprint density at radius 3 is 2.50 bits per heavy atom. The molecule has 0 bridgehead atoms. The zero-order valence-electron chi connectivity index (χ0n) is 19.3. The zero-order valence-corrected chi connectivity index (χ0v) is 20.8. The Kier molecular flexibility index (Phi) is 7.57. The van der Waals surface area contributed by atoms with Gasteiger partial charge < -0.3 is 14.2 Å². The SMILES string of the molecule is CCOc1cc(/C=C2\N=C(c3ccc([N+](=O)[O-])c(C)c3)OC2=O)cc(Cl)c1OCc1ccc(Cl)cc1. The van der Waals surface area contributed by atoms with Crippen LogP contribution in [0.5, 0.6) is 11.5 Å². The van der Waals surface area contributed by atoms with Crippen molar-refractivity contribution in [1.82, 2.24) is 0 Å². The minimum absolute atomic E-state index is 0.0316. The molecule has 10 heteroatoms. The molecule has 0 aromatic heterocycles. The van der Waals surface area contributed by atoms with E-state index in [1.165, 1.54) is 18.2 Å². The second kappa shape index (κ2) is 10.8. The van der Waals surface area contributed by atoms with Gasteiger partial charge in [-0.25, -0.2) is 9.79 Å². The van der Waals surface area contributed by atoms with Gasteiger partial charge in [-0.15, -0.1) is 0 Å². The molecule has 184 valence electrons. The summed E-state index contributed by atoms with van der Waals surface area (Å²) in [7, 11) is 0. The number of benzene rings is 3. The van der Waals surface area contributed by atoms with Gasteiger partial charge in [0.1, 0.15) is 6.61 Å². The molecule has 3 aromatic rings. The topological polar surface area (TPSA) is 100 Å². The third-order valence-electron chi connectivity index (χ3n) is 5.19. The van der Waals surface area contributed by atoms with Crippen LogP contribution in [0.1, 0.15) is 29.2 Å². The van der Waals surface area contributed by atoms with E-state index in [-0.39, 0.29) is 23.9 Å². The van der Waals surface area contributed by atoms with Crippen LogP contribution in [0.25, 0.3) is 6.08 Å². The summed E-state index contributed by atoms with van der Waals surface area (Å²) in [5, 5.41) is 12.0. The summed E-state index contributed by atoms with van der Waals surface area (Å²) in [6.45, 7) is 4.06. The first kappa shape index (κ1) is 25.2. The summed E-state index contributed by atoms with van der Waals surface area (Å²) in [6, 6.07) is 14.9. The Bertz CT molecular complexity index is 1400. The molecule has 0 spiro atoms. The Morgan fingerprint density at radius 2 is 1.83 bits per heavy atom. The van der Waals surface area contributed by atoms with Crippen molar-refractivity contribution in [2.45, 2.75) is 20.5 Å². The van der Waals surface area contributed by atoms with Crippen molar-refractivity contribution in [1.29, 1.82) is 0 Å². The fourth-order valence-electron chi connectivity index (χ4n) is 3.49. The second-order valence-corrected chi connectivity index (χ2v) is 8.62. The Hall–Kier alpha value is -3.88. The second-order valence-electron chi connectivity index (χ2n) is 7.77. The lowest BCUT2D eigenvalue weighted by atomic mass is 10.1. The number of esters is 1. The standard InChI is InChI=1S/C26H20Cl2N2O6/c1-3-34-23-13-17(11-20(28)24(23)35-14-16-4-7-19(27)8-5-16)12-21-26(31)36-25(29-21)18-6-9-22(30(32)33)15(2)10-18/h4-13H,3,14H2,1-2H3/b21-12-. The van der Waals surface area contributed by atoms with E-state index in [4.69, 9.17) is 37.4 Å². The molecule has 0 N–H and O–H groups in total. The molecular weight excluding hydrogens is 507 g/mol. The quantitative estimate of drug-likeness (QED) is 0.143. The van der Waals surface area contributed by atoms with Crippen molar-refractivity contribution in [3.05, 3.63) is 103 Å². The maximum atomic E-state index is 12.5. The highest BCUT2D eigenvalue weighted by atomic mass is 35.5. The number of halogens is 2. The number of carbonyl (C=O) groups excluding carboxylic acids is 1. The van der Waals surface area contributed by atoms with Gasteiger partial charge in [0.05, 0.1) is 16.6 Å². The van der Waals surface area contributed by atoms with Crippen LogP contribution >= 0.6 is 23.2 Å². The molecule has 36 heavy (non-hydrogen) atoms. The van der Waals surface area contributed by atoms with Gasteiger partial charge in [0.25, 0.3) is 5.69 Å². The molecule has 1 aliphatic heterocycles. The highest BCUT2D eigenvalue weighted by molar-refractivity contribution is 6.32. The molecule has 0 radical (unpaired) electrons. The monoisotopic (exact) mass is 526 g/mol. The number of nitrogens with zero attached hydrogens (tertiary/aromatic N) is 2. The van der Waals surface area contributed by atoms with E-state index < -0.39 is 10.9 Å². The summed E-state index contributed by atoms with van der Waals surface area (Å²) in [5.74, 6) is 0.184. The molecule has 1 heterocycles. The fourth-order valence-corrected chi connectivity index (χ4v) is 3.89. The molecule has 0 amide bonds. The lowest BCUT2D eigenvalue weighted by Crippen LogP contribution is -2.06. The van der Waals surface area contributed by atoms with Crippen LogP contribution in [-0.2, 0) is 16.1 Å². The number of hydrogen-bond acceptors (Lipinski definition) is 7. The van der Waals surface area contributed by atoms with Crippen molar-refractivity contribution < 1.29 is 23.9 Å². The number of nitro benzene ring substituents is 1. The van der Waals surface area contributed by atoms with Gasteiger partial charge in [-0.3, -0.25) is 10.1 Å². The number of hydrogen-bond donors (Lipinski definition) is 0. The Labute approximate surface area is 216 Å². The molecule has 0 unspecified atom stereocenters. The predicted octanol–water partition coefficient (Wildman–Crippen LogP) is 6.53. The number of aryl methyl sites for hydroxylation is 1. The minimum Gasteiger partial charge on any atom is -0.490 e. The minimum atomic E-state index is -0.654. The van der Waals surface area contributed by atoms with Gasteiger partial charge in [0, 0.05) is 22.2 Å². The van der Waals surface area contributed by atoms with Crippen LogP contribution in [0, 0.1) is 17.0 Å².